The normalized spacial score (nSPS) is 9.50. The predicted molar refractivity (Wildman–Crippen MR) is 38.3 cm³/mol. The van der Waals surface area contributed by atoms with Crippen LogP contribution >= 0.6 is 0 Å². The van der Waals surface area contributed by atoms with Gasteiger partial charge in [0.1, 0.15) is 0 Å². The van der Waals surface area contributed by atoms with Gasteiger partial charge in [-0.15, -0.1) is 0 Å². The largest absolute Gasteiger partial charge is 0.523 e. The van der Waals surface area contributed by atoms with E-state index < -0.39 is 5.97 Å². The van der Waals surface area contributed by atoms with E-state index in [1.54, 1.807) is 0 Å². The molecule has 0 rings (SSSR count). The van der Waals surface area contributed by atoms with E-state index in [1.807, 2.05) is 13.8 Å². The Hall–Kier alpha value is -0.613. The van der Waals surface area contributed by atoms with E-state index in [-0.39, 0.29) is 16.1 Å². The molecular weight excluding hydrogens is 148 g/mol. The summed E-state index contributed by atoms with van der Waals surface area (Å²) in [5.41, 5.74) is 0. The van der Waals surface area contributed by atoms with Crippen LogP contribution in [-0.4, -0.2) is 22.1 Å². The molecule has 0 aliphatic carbocycles. The fourth-order valence-electron chi connectivity index (χ4n) is 0.203. The average Bonchev–Trinajstić information content (AvgIpc) is 1.87. The van der Waals surface area contributed by atoms with Crippen molar-refractivity contribution < 1.29 is 13.6 Å². The van der Waals surface area contributed by atoms with Crippen molar-refractivity contribution in [3.05, 3.63) is 12.7 Å². The van der Waals surface area contributed by atoms with Crippen LogP contribution < -0.4 is 0 Å². The minimum absolute atomic E-state index is 0.0935. The molecule has 4 heteroatoms. The minimum atomic E-state index is -0.445. The molecule has 0 heterocycles. The Morgan fingerprint density at radius 1 is 1.70 bits per heavy atom. The summed E-state index contributed by atoms with van der Waals surface area (Å²) >= 11 is 0. The summed E-state index contributed by atoms with van der Waals surface area (Å²) in [7, 11) is -0.221. The molecule has 0 bridgehead atoms. The third-order valence-corrected chi connectivity index (χ3v) is 1.44. The SMILES string of the molecule is C=CC(=O)O[Si]OC(C)C. The first-order valence-corrected chi connectivity index (χ1v) is 3.72. The number of rotatable bonds is 4. The molecule has 0 saturated heterocycles. The molecule has 0 saturated carbocycles. The Kier molecular flexibility index (Phi) is 4.88. The number of hydrogen-bond acceptors (Lipinski definition) is 3. The van der Waals surface area contributed by atoms with Crippen molar-refractivity contribution >= 4 is 16.0 Å². The smallest absolute Gasteiger partial charge is 0.487 e. The summed E-state index contributed by atoms with van der Waals surface area (Å²) < 4.78 is 9.50. The average molecular weight is 158 g/mol. The predicted octanol–water partition coefficient (Wildman–Crippen LogP) is 0.675. The zero-order chi connectivity index (χ0) is 7.98. The molecule has 0 aromatic rings. The molecular formula is C6H10O3Si. The summed E-state index contributed by atoms with van der Waals surface area (Å²) in [5.74, 6) is -0.445. The summed E-state index contributed by atoms with van der Waals surface area (Å²) in [4.78, 5) is 10.4. The van der Waals surface area contributed by atoms with Crippen molar-refractivity contribution in [2.45, 2.75) is 20.0 Å². The van der Waals surface area contributed by atoms with Crippen molar-refractivity contribution in [3.63, 3.8) is 0 Å². The van der Waals surface area contributed by atoms with E-state index >= 15 is 0 Å². The Morgan fingerprint density at radius 3 is 2.70 bits per heavy atom. The van der Waals surface area contributed by atoms with Gasteiger partial charge in [-0.2, -0.15) is 0 Å². The second-order valence-corrected chi connectivity index (χ2v) is 2.48. The molecule has 0 aliphatic rings. The van der Waals surface area contributed by atoms with Crippen LogP contribution in [0, 0.1) is 0 Å². The minimum Gasteiger partial charge on any atom is -0.487 e. The Morgan fingerprint density at radius 2 is 2.30 bits per heavy atom. The zero-order valence-electron chi connectivity index (χ0n) is 6.09. The van der Waals surface area contributed by atoms with Gasteiger partial charge >= 0.3 is 16.0 Å². The lowest BCUT2D eigenvalue weighted by molar-refractivity contribution is -0.130. The fraction of sp³-hybridized carbons (Fsp3) is 0.500. The van der Waals surface area contributed by atoms with Crippen molar-refractivity contribution in [1.29, 1.82) is 0 Å². The second-order valence-electron chi connectivity index (χ2n) is 1.88. The Labute approximate surface area is 63.1 Å². The first-order chi connectivity index (χ1) is 4.66. The van der Waals surface area contributed by atoms with Crippen LogP contribution in [0.3, 0.4) is 0 Å². The monoisotopic (exact) mass is 158 g/mol. The lowest BCUT2D eigenvalue weighted by Gasteiger charge is -2.03. The molecule has 0 aromatic carbocycles. The van der Waals surface area contributed by atoms with Crippen LogP contribution in [0.2, 0.25) is 0 Å². The van der Waals surface area contributed by atoms with Gasteiger partial charge in [-0.25, -0.2) is 4.79 Å². The molecule has 10 heavy (non-hydrogen) atoms. The van der Waals surface area contributed by atoms with Gasteiger partial charge in [0.25, 0.3) is 0 Å². The first-order valence-electron chi connectivity index (χ1n) is 2.90. The van der Waals surface area contributed by atoms with E-state index in [2.05, 4.69) is 11.0 Å². The Balaban J connectivity index is 3.19. The highest BCUT2D eigenvalue weighted by atomic mass is 28.3. The number of carbonyl (C=O) groups is 1. The van der Waals surface area contributed by atoms with Gasteiger partial charge in [-0.1, -0.05) is 6.58 Å². The van der Waals surface area contributed by atoms with E-state index in [1.165, 1.54) is 0 Å². The van der Waals surface area contributed by atoms with Gasteiger partial charge in [0.05, 0.1) is 0 Å². The Bertz CT molecular complexity index is 122. The zero-order valence-corrected chi connectivity index (χ0v) is 7.09. The summed E-state index contributed by atoms with van der Waals surface area (Å²) in [6.45, 7) is 6.97. The summed E-state index contributed by atoms with van der Waals surface area (Å²) in [6.07, 6.45) is 1.20. The third kappa shape index (κ3) is 5.52. The molecule has 0 unspecified atom stereocenters. The van der Waals surface area contributed by atoms with Crippen LogP contribution in [0.25, 0.3) is 0 Å². The standard InChI is InChI=1S/C6H10O3Si/c1-4-6(7)9-10-8-5(2)3/h4-5H,1H2,2-3H3. The fourth-order valence-corrected chi connectivity index (χ4v) is 0.609. The molecule has 0 aromatic heterocycles. The molecule has 0 N–H and O–H groups in total. The molecule has 0 amide bonds. The van der Waals surface area contributed by atoms with Crippen molar-refractivity contribution in [1.82, 2.24) is 0 Å². The van der Waals surface area contributed by atoms with Gasteiger partial charge in [0.15, 0.2) is 0 Å². The maximum atomic E-state index is 10.4. The molecule has 0 atom stereocenters. The quantitative estimate of drug-likeness (QED) is 0.445. The molecule has 0 spiro atoms. The van der Waals surface area contributed by atoms with Gasteiger partial charge in [-0.3, -0.25) is 0 Å². The lowest BCUT2D eigenvalue weighted by Crippen LogP contribution is -2.13. The van der Waals surface area contributed by atoms with Gasteiger partial charge in [-0.05, 0) is 13.8 Å². The summed E-state index contributed by atoms with van der Waals surface area (Å²) in [6, 6.07) is 0. The maximum Gasteiger partial charge on any atom is 0.523 e. The van der Waals surface area contributed by atoms with Crippen LogP contribution in [-0.2, 0) is 13.6 Å². The van der Waals surface area contributed by atoms with Crippen LogP contribution in [0.5, 0.6) is 0 Å². The summed E-state index contributed by atoms with van der Waals surface area (Å²) in [5, 5.41) is 0. The highest BCUT2D eigenvalue weighted by Gasteiger charge is 2.00. The van der Waals surface area contributed by atoms with Crippen molar-refractivity contribution in [2.75, 3.05) is 0 Å². The maximum absolute atomic E-state index is 10.4. The first kappa shape index (κ1) is 9.39. The van der Waals surface area contributed by atoms with Crippen molar-refractivity contribution in [3.8, 4) is 0 Å². The van der Waals surface area contributed by atoms with Crippen molar-refractivity contribution in [2.24, 2.45) is 0 Å². The van der Waals surface area contributed by atoms with Crippen LogP contribution in [0.4, 0.5) is 0 Å². The van der Waals surface area contributed by atoms with E-state index in [4.69, 9.17) is 4.43 Å². The van der Waals surface area contributed by atoms with Crippen LogP contribution in [0.1, 0.15) is 13.8 Å². The molecule has 2 radical (unpaired) electrons. The molecule has 56 valence electrons. The van der Waals surface area contributed by atoms with Crippen LogP contribution in [0.15, 0.2) is 12.7 Å². The third-order valence-electron chi connectivity index (χ3n) is 0.593. The molecule has 0 aliphatic heterocycles. The number of hydrogen-bond donors (Lipinski definition) is 0. The lowest BCUT2D eigenvalue weighted by atomic mass is 10.5. The van der Waals surface area contributed by atoms with E-state index in [9.17, 15) is 4.79 Å². The highest BCUT2D eigenvalue weighted by molar-refractivity contribution is 6.23. The second kappa shape index (κ2) is 5.19. The van der Waals surface area contributed by atoms with E-state index in [0.717, 1.165) is 6.08 Å². The molecule has 3 nitrogen and oxygen atoms in total. The topological polar surface area (TPSA) is 35.5 Å². The van der Waals surface area contributed by atoms with Gasteiger partial charge in [0, 0.05) is 12.2 Å². The highest BCUT2D eigenvalue weighted by Crippen LogP contribution is 1.85. The number of carbonyl (C=O) groups excluding carboxylic acids is 1. The van der Waals surface area contributed by atoms with Gasteiger partial charge in [0.2, 0.25) is 0 Å². The van der Waals surface area contributed by atoms with E-state index in [0.29, 0.717) is 0 Å². The molecule has 0 fully saturated rings. The van der Waals surface area contributed by atoms with Gasteiger partial charge < -0.3 is 8.85 Å².